The molecule has 3 rings (SSSR count). The molecule has 0 unspecified atom stereocenters. The molecule has 0 spiro atoms. The number of fused-ring (bicyclic) bond motifs is 1. The Hall–Kier alpha value is -3.12. The summed E-state index contributed by atoms with van der Waals surface area (Å²) in [6.45, 7) is -0.632. The average Bonchev–Trinajstić information content (AvgIpc) is 2.62. The molecule has 26 heavy (non-hydrogen) atoms. The fourth-order valence-electron chi connectivity index (χ4n) is 2.41. The van der Waals surface area contributed by atoms with Crippen molar-refractivity contribution in [2.45, 2.75) is 0 Å². The lowest BCUT2D eigenvalue weighted by Gasteiger charge is -2.09. The molecule has 0 aromatic heterocycles. The molecule has 0 aliphatic heterocycles. The van der Waals surface area contributed by atoms with Crippen LogP contribution in [-0.2, 0) is 9.53 Å². The third kappa shape index (κ3) is 3.75. The van der Waals surface area contributed by atoms with Crippen molar-refractivity contribution in [3.8, 4) is 5.75 Å². The second-order valence-electron chi connectivity index (χ2n) is 5.43. The highest BCUT2D eigenvalue weighted by Crippen LogP contribution is 2.29. The zero-order valence-electron chi connectivity index (χ0n) is 13.3. The highest BCUT2D eigenvalue weighted by atomic mass is 35.5. The van der Waals surface area contributed by atoms with Gasteiger partial charge in [0.25, 0.3) is 5.91 Å². The van der Waals surface area contributed by atoms with E-state index in [1.165, 1.54) is 18.2 Å². The van der Waals surface area contributed by atoms with Gasteiger partial charge in [-0.15, -0.1) is 0 Å². The maximum atomic E-state index is 13.6. The number of hydrogen-bond donors (Lipinski definition) is 2. The molecule has 3 aromatic rings. The number of phenolic OH excluding ortho intramolecular Hbond substituents is 1. The van der Waals surface area contributed by atoms with E-state index in [0.717, 1.165) is 11.5 Å². The molecule has 132 valence electrons. The maximum absolute atomic E-state index is 13.6. The zero-order valence-corrected chi connectivity index (χ0v) is 14.1. The first-order valence-electron chi connectivity index (χ1n) is 7.58. The van der Waals surface area contributed by atoms with E-state index in [1.54, 1.807) is 30.3 Å². The van der Waals surface area contributed by atoms with Crippen molar-refractivity contribution in [3.05, 3.63) is 71.0 Å². The van der Waals surface area contributed by atoms with Gasteiger partial charge in [0, 0.05) is 10.4 Å². The van der Waals surface area contributed by atoms with E-state index in [-0.39, 0.29) is 22.0 Å². The van der Waals surface area contributed by atoms with E-state index >= 15 is 0 Å². The van der Waals surface area contributed by atoms with Gasteiger partial charge in [-0.2, -0.15) is 0 Å². The molecule has 0 saturated carbocycles. The summed E-state index contributed by atoms with van der Waals surface area (Å²) < 4.78 is 18.5. The fraction of sp³-hybridized carbons (Fsp3) is 0.0526. The number of hydrogen-bond acceptors (Lipinski definition) is 4. The molecule has 2 N–H and O–H groups in total. The van der Waals surface area contributed by atoms with Gasteiger partial charge in [0.15, 0.2) is 6.61 Å². The molecular weight excluding hydrogens is 361 g/mol. The molecule has 0 aliphatic rings. The molecule has 0 atom stereocenters. The number of ether oxygens (including phenoxy) is 1. The lowest BCUT2D eigenvalue weighted by atomic mass is 10.1. The molecule has 0 heterocycles. The molecule has 1 amide bonds. The number of phenols is 1. The van der Waals surface area contributed by atoms with Crippen molar-refractivity contribution < 1.29 is 23.8 Å². The third-order valence-corrected chi connectivity index (χ3v) is 3.90. The Morgan fingerprint density at radius 1 is 1.12 bits per heavy atom. The number of anilines is 1. The lowest BCUT2D eigenvalue weighted by Crippen LogP contribution is -2.21. The number of aromatic hydroxyl groups is 1. The first-order valence-corrected chi connectivity index (χ1v) is 7.96. The van der Waals surface area contributed by atoms with Crippen LogP contribution in [0.5, 0.6) is 5.75 Å². The average molecular weight is 374 g/mol. The van der Waals surface area contributed by atoms with Crippen LogP contribution in [0.4, 0.5) is 10.1 Å². The first kappa shape index (κ1) is 17.7. The number of rotatable bonds is 4. The second-order valence-corrected chi connectivity index (χ2v) is 5.87. The number of halogens is 2. The largest absolute Gasteiger partial charge is 0.506 e. The van der Waals surface area contributed by atoms with Gasteiger partial charge in [-0.3, -0.25) is 4.79 Å². The number of carbonyl (C=O) groups excluding carboxylic acids is 2. The Morgan fingerprint density at radius 3 is 2.65 bits per heavy atom. The first-order chi connectivity index (χ1) is 12.5. The fourth-order valence-corrected chi connectivity index (χ4v) is 2.56. The van der Waals surface area contributed by atoms with Crippen molar-refractivity contribution in [1.29, 1.82) is 0 Å². The zero-order chi connectivity index (χ0) is 18.7. The molecule has 3 aromatic carbocycles. The normalized spacial score (nSPS) is 10.5. The van der Waals surface area contributed by atoms with E-state index in [2.05, 4.69) is 5.32 Å². The monoisotopic (exact) mass is 373 g/mol. The molecule has 0 saturated heterocycles. The van der Waals surface area contributed by atoms with E-state index in [9.17, 15) is 19.1 Å². The minimum Gasteiger partial charge on any atom is -0.506 e. The predicted octanol–water partition coefficient (Wildman–Crippen LogP) is 4.13. The van der Waals surface area contributed by atoms with Gasteiger partial charge in [-0.05, 0) is 29.7 Å². The Balaban J connectivity index is 1.67. The standard InChI is InChI=1S/C19H13ClFNO4/c20-12-6-8-16(15(21)9-12)22-17(23)10-26-19(25)14-7-5-11-3-1-2-4-13(11)18(14)24/h1-9,24H,10H2,(H,22,23). The van der Waals surface area contributed by atoms with Gasteiger partial charge < -0.3 is 15.2 Å². The van der Waals surface area contributed by atoms with Gasteiger partial charge >= 0.3 is 5.97 Å². The summed E-state index contributed by atoms with van der Waals surface area (Å²) in [7, 11) is 0. The van der Waals surface area contributed by atoms with Gasteiger partial charge in [-0.25, -0.2) is 9.18 Å². The van der Waals surface area contributed by atoms with Gasteiger partial charge in [0.05, 0.1) is 5.69 Å². The summed E-state index contributed by atoms with van der Waals surface area (Å²) >= 11 is 5.63. The van der Waals surface area contributed by atoms with Crippen molar-refractivity contribution in [3.63, 3.8) is 0 Å². The molecular formula is C19H13ClFNO4. The van der Waals surface area contributed by atoms with Crippen LogP contribution in [0.1, 0.15) is 10.4 Å². The predicted molar refractivity (Wildman–Crippen MR) is 95.9 cm³/mol. The second kappa shape index (κ2) is 7.41. The topological polar surface area (TPSA) is 75.6 Å². The lowest BCUT2D eigenvalue weighted by molar-refractivity contribution is -0.119. The van der Waals surface area contributed by atoms with Crippen molar-refractivity contribution >= 4 is 39.9 Å². The summed E-state index contributed by atoms with van der Waals surface area (Å²) in [6.07, 6.45) is 0. The Kier molecular flexibility index (Phi) is 5.04. The van der Waals surface area contributed by atoms with Crippen LogP contribution >= 0.6 is 11.6 Å². The Labute approximate surface area is 153 Å². The molecule has 7 heteroatoms. The molecule has 0 aliphatic carbocycles. The SMILES string of the molecule is O=C(COC(=O)c1ccc2ccccc2c1O)Nc1ccc(Cl)cc1F. The Morgan fingerprint density at radius 2 is 1.88 bits per heavy atom. The number of amides is 1. The smallest absolute Gasteiger partial charge is 0.342 e. The number of nitrogens with one attached hydrogen (secondary N) is 1. The summed E-state index contributed by atoms with van der Waals surface area (Å²) in [5.74, 6) is -2.51. The van der Waals surface area contributed by atoms with Crippen LogP contribution < -0.4 is 5.32 Å². The quantitative estimate of drug-likeness (QED) is 0.674. The van der Waals surface area contributed by atoms with Gasteiger partial charge in [-0.1, -0.05) is 41.9 Å². The summed E-state index contributed by atoms with van der Waals surface area (Å²) in [4.78, 5) is 24.0. The Bertz CT molecular complexity index is 1010. The maximum Gasteiger partial charge on any atom is 0.342 e. The molecule has 0 fully saturated rings. The number of benzene rings is 3. The van der Waals surface area contributed by atoms with Crippen LogP contribution in [0, 0.1) is 5.82 Å². The summed E-state index contributed by atoms with van der Waals surface area (Å²) in [5.41, 5.74) is -0.141. The number of esters is 1. The molecule has 5 nitrogen and oxygen atoms in total. The molecule has 0 radical (unpaired) electrons. The number of carbonyl (C=O) groups is 2. The van der Waals surface area contributed by atoms with Crippen molar-refractivity contribution in [1.82, 2.24) is 0 Å². The van der Waals surface area contributed by atoms with Gasteiger partial charge in [0.2, 0.25) is 0 Å². The highest BCUT2D eigenvalue weighted by molar-refractivity contribution is 6.30. The highest BCUT2D eigenvalue weighted by Gasteiger charge is 2.17. The summed E-state index contributed by atoms with van der Waals surface area (Å²) in [6, 6.07) is 13.8. The van der Waals surface area contributed by atoms with E-state index in [1.807, 2.05) is 0 Å². The minimum absolute atomic E-state index is 0.0610. The van der Waals surface area contributed by atoms with Crippen LogP contribution in [0.15, 0.2) is 54.6 Å². The van der Waals surface area contributed by atoms with Gasteiger partial charge in [0.1, 0.15) is 17.1 Å². The van der Waals surface area contributed by atoms with Crippen LogP contribution in [0.2, 0.25) is 5.02 Å². The van der Waals surface area contributed by atoms with Crippen LogP contribution in [-0.4, -0.2) is 23.6 Å². The van der Waals surface area contributed by atoms with E-state index in [0.29, 0.717) is 5.39 Å². The third-order valence-electron chi connectivity index (χ3n) is 3.66. The van der Waals surface area contributed by atoms with Crippen molar-refractivity contribution in [2.75, 3.05) is 11.9 Å². The van der Waals surface area contributed by atoms with E-state index < -0.39 is 24.3 Å². The van der Waals surface area contributed by atoms with Crippen LogP contribution in [0.25, 0.3) is 10.8 Å². The minimum atomic E-state index is -0.861. The van der Waals surface area contributed by atoms with E-state index in [4.69, 9.17) is 16.3 Å². The van der Waals surface area contributed by atoms with Crippen molar-refractivity contribution in [2.24, 2.45) is 0 Å². The van der Waals surface area contributed by atoms with Crippen LogP contribution in [0.3, 0.4) is 0 Å². The summed E-state index contributed by atoms with van der Waals surface area (Å²) in [5, 5.41) is 13.9. The molecule has 0 bridgehead atoms.